The first-order chi connectivity index (χ1) is 9.43. The van der Waals surface area contributed by atoms with E-state index in [1.54, 1.807) is 7.05 Å². The first kappa shape index (κ1) is 16.4. The van der Waals surface area contributed by atoms with Crippen molar-refractivity contribution >= 4 is 5.91 Å². The van der Waals surface area contributed by atoms with Crippen LogP contribution in [0.3, 0.4) is 0 Å². The molecule has 1 aromatic rings. The van der Waals surface area contributed by atoms with Gasteiger partial charge >= 0.3 is 0 Å². The lowest BCUT2D eigenvalue weighted by atomic mass is 10.2. The second-order valence-electron chi connectivity index (χ2n) is 4.74. The van der Waals surface area contributed by atoms with E-state index in [0.29, 0.717) is 12.1 Å². The average Bonchev–Trinajstić information content (AvgIpc) is 2.32. The van der Waals surface area contributed by atoms with E-state index in [0.717, 1.165) is 0 Å². The molecular formula is C14H20F2N2O2. The fourth-order valence-corrected chi connectivity index (χ4v) is 1.70. The van der Waals surface area contributed by atoms with Crippen molar-refractivity contribution in [3.63, 3.8) is 0 Å². The minimum atomic E-state index is -0.764. The molecule has 0 spiro atoms. The highest BCUT2D eigenvalue weighted by Crippen LogP contribution is 2.23. The van der Waals surface area contributed by atoms with Gasteiger partial charge in [-0.1, -0.05) is 0 Å². The van der Waals surface area contributed by atoms with Gasteiger partial charge < -0.3 is 15.4 Å². The summed E-state index contributed by atoms with van der Waals surface area (Å²) in [5.74, 6) is -2.19. The fourth-order valence-electron chi connectivity index (χ4n) is 1.70. The molecule has 1 aromatic carbocycles. The summed E-state index contributed by atoms with van der Waals surface area (Å²) in [4.78, 5) is 11.4. The molecule has 0 radical (unpaired) electrons. The molecule has 20 heavy (non-hydrogen) atoms. The lowest BCUT2D eigenvalue weighted by Gasteiger charge is -2.11. The molecule has 6 heteroatoms. The summed E-state index contributed by atoms with van der Waals surface area (Å²) in [6, 6.07) is 2.45. The predicted molar refractivity (Wildman–Crippen MR) is 72.5 cm³/mol. The highest BCUT2D eigenvalue weighted by atomic mass is 19.1. The molecule has 0 aliphatic heterocycles. The second-order valence-corrected chi connectivity index (χ2v) is 4.74. The zero-order chi connectivity index (χ0) is 15.1. The van der Waals surface area contributed by atoms with Crippen LogP contribution in [0.2, 0.25) is 0 Å². The second kappa shape index (κ2) is 7.79. The first-order valence-electron chi connectivity index (χ1n) is 6.48. The van der Waals surface area contributed by atoms with E-state index >= 15 is 0 Å². The Morgan fingerprint density at radius 3 is 2.40 bits per heavy atom. The summed E-state index contributed by atoms with van der Waals surface area (Å²) in [5.41, 5.74) is 0.493. The maximum Gasteiger partial charge on any atom is 0.223 e. The van der Waals surface area contributed by atoms with Gasteiger partial charge in [-0.25, -0.2) is 8.78 Å². The molecule has 0 saturated heterocycles. The predicted octanol–water partition coefficient (Wildman–Crippen LogP) is 1.98. The summed E-state index contributed by atoms with van der Waals surface area (Å²) < 4.78 is 32.4. The summed E-state index contributed by atoms with van der Waals surface area (Å²) in [6.45, 7) is 3.96. The Hall–Kier alpha value is -1.69. The van der Waals surface area contributed by atoms with E-state index in [2.05, 4.69) is 10.6 Å². The van der Waals surface area contributed by atoms with Crippen LogP contribution >= 0.6 is 0 Å². The standard InChI is InChI=1S/C14H20F2N2O2/c1-9(2)18-13(19)4-5-20-14-11(15)6-10(8-17-3)7-12(14)16/h6-7,9,17H,4-5,8H2,1-3H3,(H,18,19). The summed E-state index contributed by atoms with van der Waals surface area (Å²) >= 11 is 0. The van der Waals surface area contributed by atoms with Crippen molar-refractivity contribution in [3.05, 3.63) is 29.3 Å². The molecule has 0 aromatic heterocycles. The van der Waals surface area contributed by atoms with E-state index in [-0.39, 0.29) is 25.0 Å². The monoisotopic (exact) mass is 286 g/mol. The average molecular weight is 286 g/mol. The summed E-state index contributed by atoms with van der Waals surface area (Å²) in [6.07, 6.45) is 0.0509. The number of amides is 1. The SMILES string of the molecule is CNCc1cc(F)c(OCCC(=O)NC(C)C)c(F)c1. The number of ether oxygens (including phenoxy) is 1. The lowest BCUT2D eigenvalue weighted by Crippen LogP contribution is -2.31. The number of rotatable bonds is 7. The molecule has 0 atom stereocenters. The van der Waals surface area contributed by atoms with Crippen molar-refractivity contribution in [2.45, 2.75) is 32.9 Å². The van der Waals surface area contributed by atoms with Gasteiger partial charge in [-0.3, -0.25) is 4.79 Å². The maximum absolute atomic E-state index is 13.7. The molecule has 1 rings (SSSR count). The number of carbonyl (C=O) groups excluding carboxylic acids is 1. The topological polar surface area (TPSA) is 50.4 Å². The molecule has 4 nitrogen and oxygen atoms in total. The molecule has 0 bridgehead atoms. The Morgan fingerprint density at radius 1 is 1.30 bits per heavy atom. The number of hydrogen-bond acceptors (Lipinski definition) is 3. The van der Waals surface area contributed by atoms with Crippen molar-refractivity contribution in [2.24, 2.45) is 0 Å². The van der Waals surface area contributed by atoms with Gasteiger partial charge in [-0.2, -0.15) is 0 Å². The molecule has 1 amide bonds. The highest BCUT2D eigenvalue weighted by Gasteiger charge is 2.13. The van der Waals surface area contributed by atoms with Crippen LogP contribution in [0.25, 0.3) is 0 Å². The lowest BCUT2D eigenvalue weighted by molar-refractivity contribution is -0.122. The molecule has 2 N–H and O–H groups in total. The molecule has 0 aliphatic carbocycles. The fraction of sp³-hybridized carbons (Fsp3) is 0.500. The number of benzene rings is 1. The van der Waals surface area contributed by atoms with E-state index in [4.69, 9.17) is 4.74 Å². The zero-order valence-corrected chi connectivity index (χ0v) is 11.9. The molecule has 0 unspecified atom stereocenters. The number of halogens is 2. The van der Waals surface area contributed by atoms with Crippen molar-refractivity contribution < 1.29 is 18.3 Å². The van der Waals surface area contributed by atoms with Crippen molar-refractivity contribution in [2.75, 3.05) is 13.7 Å². The van der Waals surface area contributed by atoms with Crippen LogP contribution in [-0.2, 0) is 11.3 Å². The zero-order valence-electron chi connectivity index (χ0n) is 11.9. The van der Waals surface area contributed by atoms with E-state index in [1.165, 1.54) is 12.1 Å². The van der Waals surface area contributed by atoms with Gasteiger partial charge in [-0.15, -0.1) is 0 Å². The highest BCUT2D eigenvalue weighted by molar-refractivity contribution is 5.76. The van der Waals surface area contributed by atoms with Crippen LogP contribution in [0.15, 0.2) is 12.1 Å². The van der Waals surface area contributed by atoms with Gasteiger partial charge in [0.2, 0.25) is 5.91 Å². The van der Waals surface area contributed by atoms with Crippen LogP contribution in [0.1, 0.15) is 25.8 Å². The number of hydrogen-bond donors (Lipinski definition) is 2. The molecular weight excluding hydrogens is 266 g/mol. The Kier molecular flexibility index (Phi) is 6.38. The largest absolute Gasteiger partial charge is 0.487 e. The first-order valence-corrected chi connectivity index (χ1v) is 6.48. The smallest absolute Gasteiger partial charge is 0.223 e. The van der Waals surface area contributed by atoms with Gasteiger partial charge in [0.15, 0.2) is 17.4 Å². The third-order valence-electron chi connectivity index (χ3n) is 2.46. The Morgan fingerprint density at radius 2 is 1.90 bits per heavy atom. The van der Waals surface area contributed by atoms with Crippen molar-refractivity contribution in [1.82, 2.24) is 10.6 Å². The maximum atomic E-state index is 13.7. The summed E-state index contributed by atoms with van der Waals surface area (Å²) in [5, 5.41) is 5.48. The van der Waals surface area contributed by atoms with Crippen molar-refractivity contribution in [3.8, 4) is 5.75 Å². The van der Waals surface area contributed by atoms with Crippen LogP contribution in [0.4, 0.5) is 8.78 Å². The van der Waals surface area contributed by atoms with Crippen molar-refractivity contribution in [1.29, 1.82) is 0 Å². The minimum Gasteiger partial charge on any atom is -0.487 e. The van der Waals surface area contributed by atoms with Gasteiger partial charge in [0.25, 0.3) is 0 Å². The Balaban J connectivity index is 2.58. The van der Waals surface area contributed by atoms with Gasteiger partial charge in [0.05, 0.1) is 13.0 Å². The van der Waals surface area contributed by atoms with Crippen LogP contribution in [0.5, 0.6) is 5.75 Å². The van der Waals surface area contributed by atoms with Gasteiger partial charge in [0.1, 0.15) is 0 Å². The Labute approximate surface area is 117 Å². The molecule has 0 fully saturated rings. The molecule has 0 aliphatic rings. The van der Waals surface area contributed by atoms with E-state index in [9.17, 15) is 13.6 Å². The molecule has 0 saturated carbocycles. The third kappa shape index (κ3) is 5.13. The minimum absolute atomic E-state index is 0.0248. The van der Waals surface area contributed by atoms with E-state index in [1.807, 2.05) is 13.8 Å². The van der Waals surface area contributed by atoms with Crippen LogP contribution in [-0.4, -0.2) is 25.6 Å². The third-order valence-corrected chi connectivity index (χ3v) is 2.46. The van der Waals surface area contributed by atoms with Gasteiger partial charge in [0, 0.05) is 12.6 Å². The van der Waals surface area contributed by atoms with Crippen LogP contribution < -0.4 is 15.4 Å². The Bertz CT molecular complexity index is 441. The molecule has 112 valence electrons. The summed E-state index contributed by atoms with van der Waals surface area (Å²) in [7, 11) is 1.69. The molecule has 0 heterocycles. The van der Waals surface area contributed by atoms with Gasteiger partial charge in [-0.05, 0) is 38.6 Å². The van der Waals surface area contributed by atoms with E-state index < -0.39 is 17.4 Å². The number of carbonyl (C=O) groups is 1. The number of nitrogens with one attached hydrogen (secondary N) is 2. The quantitative estimate of drug-likeness (QED) is 0.806. The van der Waals surface area contributed by atoms with Crippen LogP contribution in [0, 0.1) is 11.6 Å². The normalized spacial score (nSPS) is 10.7.